The van der Waals surface area contributed by atoms with Gasteiger partial charge in [-0.25, -0.2) is 0 Å². The Morgan fingerprint density at radius 1 is 0.939 bits per heavy atom. The molecule has 3 aliphatic rings. The van der Waals surface area contributed by atoms with Gasteiger partial charge in [-0.15, -0.1) is 0 Å². The van der Waals surface area contributed by atoms with Crippen LogP contribution in [0.1, 0.15) is 71.9 Å². The number of aryl methyl sites for hydroxylation is 1. The summed E-state index contributed by atoms with van der Waals surface area (Å²) in [4.78, 5) is 30.1. The van der Waals surface area contributed by atoms with E-state index >= 15 is 0 Å². The predicted molar refractivity (Wildman–Crippen MR) is 130 cm³/mol. The van der Waals surface area contributed by atoms with Crippen LogP contribution in [0.25, 0.3) is 0 Å². The maximum atomic E-state index is 13.6. The van der Waals surface area contributed by atoms with Gasteiger partial charge in [0.05, 0.1) is 17.0 Å². The van der Waals surface area contributed by atoms with E-state index in [1.807, 2.05) is 31.3 Å². The molecule has 0 atom stereocenters. The third kappa shape index (κ3) is 5.28. The normalized spacial score (nSPS) is 21.5. The smallest absolute Gasteiger partial charge is 0.255 e. The quantitative estimate of drug-likeness (QED) is 0.697. The minimum atomic E-state index is 0.180. The number of nitrogens with zero attached hydrogens (tertiary/aromatic N) is 5. The zero-order chi connectivity index (χ0) is 22.6. The molecule has 1 aliphatic carbocycles. The minimum Gasteiger partial charge on any atom is -0.336 e. The molecule has 2 aromatic heterocycles. The summed E-state index contributed by atoms with van der Waals surface area (Å²) in [5, 5.41) is 0. The maximum absolute atomic E-state index is 13.6. The topological polar surface area (TPSA) is 52.6 Å². The van der Waals surface area contributed by atoms with Crippen molar-refractivity contribution in [1.82, 2.24) is 24.7 Å². The minimum absolute atomic E-state index is 0.180. The first kappa shape index (κ1) is 22.5. The van der Waals surface area contributed by atoms with Crippen LogP contribution in [0.15, 0.2) is 36.5 Å². The molecule has 2 aliphatic heterocycles. The number of hydrogen-bond donors (Lipinski definition) is 0. The van der Waals surface area contributed by atoms with Crippen LogP contribution in [0, 0.1) is 6.92 Å². The molecule has 6 nitrogen and oxygen atoms in total. The van der Waals surface area contributed by atoms with E-state index < -0.39 is 0 Å². The Morgan fingerprint density at radius 2 is 1.70 bits per heavy atom. The highest BCUT2D eigenvalue weighted by Gasteiger charge is 2.31. The van der Waals surface area contributed by atoms with E-state index in [-0.39, 0.29) is 5.91 Å². The number of aromatic nitrogens is 2. The summed E-state index contributed by atoms with van der Waals surface area (Å²) in [5.74, 6) is 0.531. The molecule has 0 radical (unpaired) electrons. The second kappa shape index (κ2) is 10.3. The number of carbonyl (C=O) groups excluding carboxylic acids is 1. The van der Waals surface area contributed by atoms with E-state index in [9.17, 15) is 4.79 Å². The van der Waals surface area contributed by atoms with Gasteiger partial charge in [0.25, 0.3) is 5.91 Å². The van der Waals surface area contributed by atoms with Crippen LogP contribution >= 0.6 is 0 Å². The number of rotatable bonds is 5. The Morgan fingerprint density at radius 3 is 2.39 bits per heavy atom. The van der Waals surface area contributed by atoms with Gasteiger partial charge in [0, 0.05) is 56.6 Å². The number of hydrogen-bond acceptors (Lipinski definition) is 5. The first-order chi connectivity index (χ1) is 16.2. The zero-order valence-electron chi connectivity index (χ0n) is 20.0. The summed E-state index contributed by atoms with van der Waals surface area (Å²) in [6.07, 6.45) is 9.34. The molecule has 176 valence electrons. The van der Waals surface area contributed by atoms with Gasteiger partial charge in [-0.3, -0.25) is 24.6 Å². The lowest BCUT2D eigenvalue weighted by atomic mass is 9.89. The van der Waals surface area contributed by atoms with Crippen LogP contribution in [0.5, 0.6) is 0 Å². The third-order valence-electron chi connectivity index (χ3n) is 7.82. The van der Waals surface area contributed by atoms with Gasteiger partial charge in [0.1, 0.15) is 0 Å². The van der Waals surface area contributed by atoms with E-state index in [1.54, 1.807) is 0 Å². The SMILES string of the molecule is Cc1ccc(C(=O)N2CCN(C3CCCC3)CC2)c(C2CCN(Cc3ccccn3)CC2)n1. The van der Waals surface area contributed by atoms with E-state index in [0.717, 1.165) is 87.3 Å². The van der Waals surface area contributed by atoms with Crippen molar-refractivity contribution < 1.29 is 4.79 Å². The van der Waals surface area contributed by atoms with Crippen molar-refractivity contribution in [2.45, 2.75) is 64.0 Å². The summed E-state index contributed by atoms with van der Waals surface area (Å²) in [7, 11) is 0. The van der Waals surface area contributed by atoms with E-state index in [4.69, 9.17) is 4.98 Å². The summed E-state index contributed by atoms with van der Waals surface area (Å²) in [5.41, 5.74) is 3.98. The molecule has 5 rings (SSSR count). The van der Waals surface area contributed by atoms with Crippen molar-refractivity contribution in [3.8, 4) is 0 Å². The number of carbonyl (C=O) groups is 1. The molecule has 33 heavy (non-hydrogen) atoms. The summed E-state index contributed by atoms with van der Waals surface area (Å²) in [6.45, 7) is 8.67. The van der Waals surface area contributed by atoms with Crippen LogP contribution in [0.3, 0.4) is 0 Å². The Bertz CT molecular complexity index is 927. The van der Waals surface area contributed by atoms with Crippen LogP contribution in [-0.2, 0) is 6.54 Å². The van der Waals surface area contributed by atoms with Crippen molar-refractivity contribution in [2.75, 3.05) is 39.3 Å². The number of piperazine rings is 1. The molecule has 6 heteroatoms. The first-order valence-corrected chi connectivity index (χ1v) is 12.8. The Balaban J connectivity index is 1.22. The fraction of sp³-hybridized carbons (Fsp3) is 0.593. The van der Waals surface area contributed by atoms with Gasteiger partial charge < -0.3 is 4.90 Å². The van der Waals surface area contributed by atoms with Gasteiger partial charge in [-0.2, -0.15) is 0 Å². The number of likely N-dealkylation sites (tertiary alicyclic amines) is 1. The predicted octanol–water partition coefficient (Wildman–Crippen LogP) is 3.87. The van der Waals surface area contributed by atoms with Crippen molar-refractivity contribution in [1.29, 1.82) is 0 Å². The molecule has 1 saturated carbocycles. The van der Waals surface area contributed by atoms with Gasteiger partial charge in [-0.1, -0.05) is 18.9 Å². The lowest BCUT2D eigenvalue weighted by Crippen LogP contribution is -2.51. The average molecular weight is 448 g/mol. The van der Waals surface area contributed by atoms with E-state index in [0.29, 0.717) is 5.92 Å². The molecule has 0 aromatic carbocycles. The molecule has 2 aromatic rings. The lowest BCUT2D eigenvalue weighted by molar-refractivity contribution is 0.0570. The second-order valence-electron chi connectivity index (χ2n) is 10.0. The van der Waals surface area contributed by atoms with Gasteiger partial charge in [-0.05, 0) is 70.0 Å². The molecule has 3 fully saturated rings. The Kier molecular flexibility index (Phi) is 7.02. The molecular formula is C27H37N5O. The maximum Gasteiger partial charge on any atom is 0.255 e. The largest absolute Gasteiger partial charge is 0.336 e. The van der Waals surface area contributed by atoms with Crippen molar-refractivity contribution >= 4 is 5.91 Å². The molecule has 0 N–H and O–H groups in total. The third-order valence-corrected chi connectivity index (χ3v) is 7.82. The van der Waals surface area contributed by atoms with Gasteiger partial charge in [0.15, 0.2) is 0 Å². The van der Waals surface area contributed by atoms with Crippen molar-refractivity contribution in [3.05, 3.63) is 59.2 Å². The first-order valence-electron chi connectivity index (χ1n) is 12.8. The fourth-order valence-corrected chi connectivity index (χ4v) is 5.88. The molecule has 4 heterocycles. The molecular weight excluding hydrogens is 410 g/mol. The number of amides is 1. The number of pyridine rings is 2. The zero-order valence-corrected chi connectivity index (χ0v) is 20.0. The second-order valence-corrected chi connectivity index (χ2v) is 10.0. The molecule has 0 bridgehead atoms. The highest BCUT2D eigenvalue weighted by atomic mass is 16.2. The van der Waals surface area contributed by atoms with E-state index in [2.05, 4.69) is 31.8 Å². The van der Waals surface area contributed by atoms with Crippen molar-refractivity contribution in [2.24, 2.45) is 0 Å². The van der Waals surface area contributed by atoms with Crippen molar-refractivity contribution in [3.63, 3.8) is 0 Å². The van der Waals surface area contributed by atoms with Crippen LogP contribution in [-0.4, -0.2) is 75.9 Å². The molecule has 2 saturated heterocycles. The molecule has 1 amide bonds. The fourth-order valence-electron chi connectivity index (χ4n) is 5.88. The summed E-state index contributed by atoms with van der Waals surface area (Å²) in [6, 6.07) is 10.9. The highest BCUT2D eigenvalue weighted by Crippen LogP contribution is 2.31. The lowest BCUT2D eigenvalue weighted by Gasteiger charge is -2.38. The Labute approximate surface area is 198 Å². The van der Waals surface area contributed by atoms with Crippen LogP contribution in [0.2, 0.25) is 0 Å². The summed E-state index contributed by atoms with van der Waals surface area (Å²) < 4.78 is 0. The summed E-state index contributed by atoms with van der Waals surface area (Å²) >= 11 is 0. The highest BCUT2D eigenvalue weighted by molar-refractivity contribution is 5.95. The molecule has 0 unspecified atom stereocenters. The van der Waals surface area contributed by atoms with Gasteiger partial charge in [0.2, 0.25) is 0 Å². The number of piperidine rings is 1. The van der Waals surface area contributed by atoms with Crippen LogP contribution < -0.4 is 0 Å². The van der Waals surface area contributed by atoms with Gasteiger partial charge >= 0.3 is 0 Å². The molecule has 0 spiro atoms. The standard InChI is InChI=1S/C27H37N5O/c1-21-9-10-25(27(33)32-18-16-31(17-19-32)24-7-2-3-8-24)26(29-21)22-11-14-30(15-12-22)20-23-6-4-5-13-28-23/h4-6,9-10,13,22,24H,2-3,7-8,11-12,14-20H2,1H3. The van der Waals surface area contributed by atoms with E-state index in [1.165, 1.54) is 25.7 Å². The average Bonchev–Trinajstić information content (AvgIpc) is 3.40. The Hall–Kier alpha value is -2.31. The monoisotopic (exact) mass is 447 g/mol. The van der Waals surface area contributed by atoms with Crippen LogP contribution in [0.4, 0.5) is 0 Å².